The van der Waals surface area contributed by atoms with Gasteiger partial charge in [-0.05, 0) is 24.3 Å². The lowest BCUT2D eigenvalue weighted by Gasteiger charge is -1.94. The molecule has 2 N–H and O–H groups in total. The van der Waals surface area contributed by atoms with E-state index in [0.29, 0.717) is 5.56 Å². The number of nitrogens with zero attached hydrogens (tertiary/aromatic N) is 2. The summed E-state index contributed by atoms with van der Waals surface area (Å²) in [4.78, 5) is 3.95. The van der Waals surface area contributed by atoms with Gasteiger partial charge in [-0.15, -0.1) is 0 Å². The highest BCUT2D eigenvalue weighted by atomic mass is 14.8. The minimum Gasteiger partial charge on any atom is -0.390 e. The van der Waals surface area contributed by atoms with E-state index in [0.717, 1.165) is 16.1 Å². The molecular weight excluding hydrogens is 174 g/mol. The van der Waals surface area contributed by atoms with E-state index in [1.54, 1.807) is 18.2 Å². The molecule has 1 aromatic rings. The van der Waals surface area contributed by atoms with Crippen molar-refractivity contribution in [3.63, 3.8) is 0 Å². The standard InChI is InChI=1S/C11H11N3/c1-8-3-4-10(6-12)5-11(8)9(2)14-7-13/h3-5,7H,1H2,2H3,(H2,13,14)/b11-9-. The average molecular weight is 185 g/mol. The highest BCUT2D eigenvalue weighted by Gasteiger charge is 1.92. The fourth-order valence-electron chi connectivity index (χ4n) is 1.16. The zero-order valence-electron chi connectivity index (χ0n) is 7.99. The van der Waals surface area contributed by atoms with Crippen molar-refractivity contribution in [1.29, 1.82) is 5.26 Å². The van der Waals surface area contributed by atoms with Gasteiger partial charge in [-0.2, -0.15) is 5.26 Å². The van der Waals surface area contributed by atoms with Gasteiger partial charge in [0.05, 0.1) is 18.0 Å². The van der Waals surface area contributed by atoms with Gasteiger partial charge in [-0.3, -0.25) is 0 Å². The molecular formula is C11H11N3. The second-order valence-electron chi connectivity index (χ2n) is 2.85. The third kappa shape index (κ3) is 1.99. The van der Waals surface area contributed by atoms with Crippen LogP contribution in [-0.4, -0.2) is 6.34 Å². The maximum atomic E-state index is 8.72. The van der Waals surface area contributed by atoms with Gasteiger partial charge in [-0.25, -0.2) is 4.99 Å². The highest BCUT2D eigenvalue weighted by molar-refractivity contribution is 5.61. The van der Waals surface area contributed by atoms with Crippen LogP contribution in [0.15, 0.2) is 23.2 Å². The number of nitrogens with two attached hydrogens (primary N) is 1. The molecule has 0 saturated carbocycles. The second-order valence-corrected chi connectivity index (χ2v) is 2.85. The molecule has 0 aromatic heterocycles. The monoisotopic (exact) mass is 185 g/mol. The van der Waals surface area contributed by atoms with Crippen LogP contribution in [0.4, 0.5) is 0 Å². The zero-order valence-corrected chi connectivity index (χ0v) is 7.99. The number of rotatable bonds is 1. The molecule has 0 aliphatic rings. The summed E-state index contributed by atoms with van der Waals surface area (Å²) < 4.78 is 0. The molecule has 1 aromatic carbocycles. The van der Waals surface area contributed by atoms with E-state index in [1.807, 2.05) is 6.92 Å². The van der Waals surface area contributed by atoms with Gasteiger partial charge < -0.3 is 5.73 Å². The number of aliphatic imine (C=N–C) groups is 1. The predicted octanol–water partition coefficient (Wildman–Crippen LogP) is 0.0837. The Morgan fingerprint density at radius 1 is 1.64 bits per heavy atom. The first kappa shape index (κ1) is 10.0. The maximum Gasteiger partial charge on any atom is 0.0991 e. The molecule has 0 spiro atoms. The molecule has 0 atom stereocenters. The zero-order chi connectivity index (χ0) is 10.6. The van der Waals surface area contributed by atoms with Gasteiger partial charge in [0, 0.05) is 10.9 Å². The quantitative estimate of drug-likeness (QED) is 0.497. The molecule has 0 bridgehead atoms. The molecule has 0 heterocycles. The minimum absolute atomic E-state index is 0.596. The first-order chi connectivity index (χ1) is 6.69. The number of nitriles is 1. The lowest BCUT2D eigenvalue weighted by atomic mass is 10.1. The normalized spacial score (nSPS) is 12.6. The number of hydrogen-bond donors (Lipinski definition) is 1. The summed E-state index contributed by atoms with van der Waals surface area (Å²) in [5.74, 6) is 0. The predicted molar refractivity (Wildman–Crippen MR) is 57.7 cm³/mol. The van der Waals surface area contributed by atoms with Crippen LogP contribution in [0.3, 0.4) is 0 Å². The molecule has 0 fully saturated rings. The Bertz CT molecular complexity index is 506. The highest BCUT2D eigenvalue weighted by Crippen LogP contribution is 1.92. The molecule has 0 amide bonds. The van der Waals surface area contributed by atoms with E-state index >= 15 is 0 Å². The van der Waals surface area contributed by atoms with Crippen LogP contribution in [0, 0.1) is 11.3 Å². The van der Waals surface area contributed by atoms with Crippen LogP contribution in [0.5, 0.6) is 0 Å². The Labute approximate surface area is 82.5 Å². The van der Waals surface area contributed by atoms with Crippen LogP contribution in [0.2, 0.25) is 0 Å². The maximum absolute atomic E-state index is 8.72. The van der Waals surface area contributed by atoms with Crippen LogP contribution < -0.4 is 16.2 Å². The van der Waals surface area contributed by atoms with E-state index in [9.17, 15) is 0 Å². The smallest absolute Gasteiger partial charge is 0.0991 e. The lowest BCUT2D eigenvalue weighted by Crippen LogP contribution is -2.24. The summed E-state index contributed by atoms with van der Waals surface area (Å²) in [6.45, 7) is 5.68. The second kappa shape index (κ2) is 4.24. The van der Waals surface area contributed by atoms with Crippen molar-refractivity contribution in [1.82, 2.24) is 0 Å². The van der Waals surface area contributed by atoms with Crippen LogP contribution in [0.25, 0.3) is 12.3 Å². The van der Waals surface area contributed by atoms with E-state index in [2.05, 4.69) is 17.6 Å². The van der Waals surface area contributed by atoms with Crippen molar-refractivity contribution in [2.75, 3.05) is 0 Å². The van der Waals surface area contributed by atoms with Gasteiger partial charge >= 0.3 is 0 Å². The van der Waals surface area contributed by atoms with Gasteiger partial charge in [0.25, 0.3) is 0 Å². The van der Waals surface area contributed by atoms with Gasteiger partial charge in [0.1, 0.15) is 0 Å². The fraction of sp³-hybridized carbons (Fsp3) is 0.0909. The van der Waals surface area contributed by atoms with Crippen LogP contribution in [0.1, 0.15) is 12.5 Å². The van der Waals surface area contributed by atoms with E-state index in [1.165, 1.54) is 6.34 Å². The number of benzene rings is 1. The molecule has 1 rings (SSSR count). The van der Waals surface area contributed by atoms with Crippen molar-refractivity contribution in [3.8, 4) is 6.07 Å². The molecule has 3 nitrogen and oxygen atoms in total. The molecule has 0 aliphatic heterocycles. The van der Waals surface area contributed by atoms with E-state index in [4.69, 9.17) is 11.0 Å². The molecule has 70 valence electrons. The fourth-order valence-corrected chi connectivity index (χ4v) is 1.16. The molecule has 0 radical (unpaired) electrons. The Morgan fingerprint density at radius 2 is 2.36 bits per heavy atom. The summed E-state index contributed by atoms with van der Waals surface area (Å²) in [5.41, 5.74) is 6.54. The minimum atomic E-state index is 0.596. The summed E-state index contributed by atoms with van der Waals surface area (Å²) >= 11 is 0. The van der Waals surface area contributed by atoms with Gasteiger partial charge in [0.2, 0.25) is 0 Å². The summed E-state index contributed by atoms with van der Waals surface area (Å²) in [5, 5.41) is 10.4. The lowest BCUT2D eigenvalue weighted by molar-refractivity contribution is 1.38. The molecule has 0 aliphatic carbocycles. The third-order valence-electron chi connectivity index (χ3n) is 1.90. The SMILES string of the molecule is C=c1ccc(C#N)c/c1=C(C)/N=C\N. The molecule has 0 unspecified atom stereocenters. The Kier molecular flexibility index (Phi) is 3.03. The Morgan fingerprint density at radius 3 is 2.93 bits per heavy atom. The third-order valence-corrected chi connectivity index (χ3v) is 1.90. The van der Waals surface area contributed by atoms with E-state index < -0.39 is 0 Å². The largest absolute Gasteiger partial charge is 0.390 e. The van der Waals surface area contributed by atoms with E-state index in [-0.39, 0.29) is 0 Å². The van der Waals surface area contributed by atoms with Crippen molar-refractivity contribution in [2.45, 2.75) is 6.92 Å². The van der Waals surface area contributed by atoms with Gasteiger partial charge in [-0.1, -0.05) is 12.6 Å². The summed E-state index contributed by atoms with van der Waals surface area (Å²) in [6, 6.07) is 7.34. The molecule has 14 heavy (non-hydrogen) atoms. The average Bonchev–Trinajstić information content (AvgIpc) is 2.19. The first-order valence-corrected chi connectivity index (χ1v) is 4.13. The topological polar surface area (TPSA) is 62.2 Å². The van der Waals surface area contributed by atoms with Crippen molar-refractivity contribution >= 4 is 18.6 Å². The Balaban J connectivity index is 3.57. The molecule has 3 heteroatoms. The van der Waals surface area contributed by atoms with Crippen molar-refractivity contribution < 1.29 is 0 Å². The van der Waals surface area contributed by atoms with Crippen LogP contribution >= 0.6 is 0 Å². The number of hydrogen-bond acceptors (Lipinski definition) is 2. The summed E-state index contributed by atoms with van der Waals surface area (Å²) in [6.07, 6.45) is 1.23. The first-order valence-electron chi connectivity index (χ1n) is 4.13. The Hall–Kier alpha value is -2.08. The van der Waals surface area contributed by atoms with Gasteiger partial charge in [0.15, 0.2) is 0 Å². The van der Waals surface area contributed by atoms with Crippen LogP contribution in [-0.2, 0) is 0 Å². The van der Waals surface area contributed by atoms with Crippen molar-refractivity contribution in [3.05, 3.63) is 34.2 Å². The summed E-state index contributed by atoms with van der Waals surface area (Å²) in [7, 11) is 0. The van der Waals surface area contributed by atoms with Crippen molar-refractivity contribution in [2.24, 2.45) is 10.7 Å². The molecule has 0 saturated heterocycles.